The summed E-state index contributed by atoms with van der Waals surface area (Å²) in [7, 11) is -3.08. The Kier molecular flexibility index (Phi) is 10.1. The maximum absolute atomic E-state index is 11.5. The van der Waals surface area contributed by atoms with Crippen molar-refractivity contribution in [2.75, 3.05) is 25.2 Å². The van der Waals surface area contributed by atoms with Gasteiger partial charge in [0.05, 0.1) is 22.4 Å². The number of benzene rings is 3. The minimum absolute atomic E-state index is 0.0315. The molecule has 220 valence electrons. The molecule has 1 aliphatic heterocycles. The van der Waals surface area contributed by atoms with E-state index in [-0.39, 0.29) is 24.9 Å². The van der Waals surface area contributed by atoms with E-state index in [1.165, 1.54) is 13.2 Å². The maximum Gasteiger partial charge on any atom is 0.303 e. The van der Waals surface area contributed by atoms with Crippen molar-refractivity contribution in [1.82, 2.24) is 0 Å². The van der Waals surface area contributed by atoms with Gasteiger partial charge in [0.1, 0.15) is 34.6 Å². The van der Waals surface area contributed by atoms with Crippen LogP contribution in [0.25, 0.3) is 11.1 Å². The number of ether oxygens (including phenoxy) is 4. The van der Waals surface area contributed by atoms with Crippen molar-refractivity contribution in [2.24, 2.45) is 0 Å². The van der Waals surface area contributed by atoms with E-state index in [1.54, 1.807) is 6.07 Å². The maximum atomic E-state index is 11.5. The van der Waals surface area contributed by atoms with E-state index in [1.807, 2.05) is 44.2 Å². The van der Waals surface area contributed by atoms with Crippen molar-refractivity contribution in [2.45, 2.75) is 52.7 Å². The van der Waals surface area contributed by atoms with E-state index in [9.17, 15) is 13.2 Å². The first-order chi connectivity index (χ1) is 19.5. The van der Waals surface area contributed by atoms with Crippen LogP contribution in [-0.2, 0) is 38.8 Å². The molecule has 3 aromatic carbocycles. The van der Waals surface area contributed by atoms with E-state index in [0.717, 1.165) is 33.4 Å². The SMILES string of the molecule is CCc1c(Cl)c(OCCCS(C)(=O)=O)c(Cl)c(CC)c1-c1cccc(COc2ccc3c(c2)OC[C@H]3OC(C)=O)c1. The summed E-state index contributed by atoms with van der Waals surface area (Å²) < 4.78 is 46.0. The smallest absolute Gasteiger partial charge is 0.303 e. The van der Waals surface area contributed by atoms with E-state index < -0.39 is 15.9 Å². The van der Waals surface area contributed by atoms with Crippen molar-refractivity contribution in [1.29, 1.82) is 0 Å². The van der Waals surface area contributed by atoms with Crippen LogP contribution in [0.3, 0.4) is 0 Å². The van der Waals surface area contributed by atoms with Crippen LogP contribution >= 0.6 is 23.2 Å². The van der Waals surface area contributed by atoms with Gasteiger partial charge in [-0.3, -0.25) is 4.79 Å². The number of halogens is 2. The Bertz CT molecular complexity index is 1500. The molecule has 1 heterocycles. The fraction of sp³-hybridized carbons (Fsp3) is 0.387. The summed E-state index contributed by atoms with van der Waals surface area (Å²) >= 11 is 13.7. The van der Waals surface area contributed by atoms with Gasteiger partial charge in [0.15, 0.2) is 11.9 Å². The van der Waals surface area contributed by atoms with Crippen molar-refractivity contribution in [3.8, 4) is 28.4 Å². The Morgan fingerprint density at radius 2 is 1.73 bits per heavy atom. The lowest BCUT2D eigenvalue weighted by molar-refractivity contribution is -0.147. The van der Waals surface area contributed by atoms with Crippen LogP contribution in [-0.4, -0.2) is 39.6 Å². The second-order valence-electron chi connectivity index (χ2n) is 9.93. The molecule has 0 N–H and O–H groups in total. The molecule has 0 aromatic heterocycles. The van der Waals surface area contributed by atoms with Gasteiger partial charge in [0.2, 0.25) is 0 Å². The molecular formula is C31H34Cl2O7S. The number of hydrogen-bond acceptors (Lipinski definition) is 7. The Balaban J connectivity index is 1.56. The van der Waals surface area contributed by atoms with Crippen LogP contribution in [0.15, 0.2) is 42.5 Å². The van der Waals surface area contributed by atoms with Gasteiger partial charge in [0, 0.05) is 24.8 Å². The van der Waals surface area contributed by atoms with Crippen molar-refractivity contribution in [3.63, 3.8) is 0 Å². The largest absolute Gasteiger partial charge is 0.490 e. The Morgan fingerprint density at radius 1 is 1.02 bits per heavy atom. The number of sulfone groups is 1. The molecule has 10 heteroatoms. The first-order valence-corrected chi connectivity index (χ1v) is 16.3. The molecular weight excluding hydrogens is 587 g/mol. The van der Waals surface area contributed by atoms with E-state index >= 15 is 0 Å². The van der Waals surface area contributed by atoms with Crippen LogP contribution in [0, 0.1) is 0 Å². The molecule has 1 aliphatic rings. The highest BCUT2D eigenvalue weighted by Gasteiger charge is 2.27. The lowest BCUT2D eigenvalue weighted by Crippen LogP contribution is -2.09. The lowest BCUT2D eigenvalue weighted by Gasteiger charge is -2.21. The van der Waals surface area contributed by atoms with Crippen LogP contribution in [0.4, 0.5) is 0 Å². The van der Waals surface area contributed by atoms with E-state index in [0.29, 0.717) is 53.2 Å². The van der Waals surface area contributed by atoms with Gasteiger partial charge in [-0.1, -0.05) is 55.2 Å². The molecule has 0 amide bonds. The summed E-state index contributed by atoms with van der Waals surface area (Å²) in [5.41, 5.74) is 5.56. The molecule has 0 saturated carbocycles. The normalized spacial score (nSPS) is 14.3. The molecule has 0 saturated heterocycles. The Morgan fingerprint density at radius 3 is 2.37 bits per heavy atom. The van der Waals surface area contributed by atoms with Crippen LogP contribution in [0.2, 0.25) is 10.0 Å². The van der Waals surface area contributed by atoms with Gasteiger partial charge in [-0.15, -0.1) is 0 Å². The van der Waals surface area contributed by atoms with Crippen molar-refractivity contribution in [3.05, 3.63) is 74.8 Å². The molecule has 0 fully saturated rings. The van der Waals surface area contributed by atoms with Crippen LogP contribution in [0.1, 0.15) is 55.5 Å². The first-order valence-electron chi connectivity index (χ1n) is 13.5. The van der Waals surface area contributed by atoms with E-state index in [2.05, 4.69) is 6.07 Å². The minimum atomic E-state index is -3.08. The van der Waals surface area contributed by atoms with Crippen LogP contribution in [0.5, 0.6) is 17.2 Å². The summed E-state index contributed by atoms with van der Waals surface area (Å²) in [5, 5.41) is 0.881. The topological polar surface area (TPSA) is 88.1 Å². The zero-order chi connectivity index (χ0) is 29.7. The monoisotopic (exact) mass is 620 g/mol. The van der Waals surface area contributed by atoms with Gasteiger partial charge in [-0.25, -0.2) is 8.42 Å². The zero-order valence-electron chi connectivity index (χ0n) is 23.6. The lowest BCUT2D eigenvalue weighted by atomic mass is 9.90. The number of hydrogen-bond donors (Lipinski definition) is 0. The van der Waals surface area contributed by atoms with Gasteiger partial charge < -0.3 is 18.9 Å². The highest BCUT2D eigenvalue weighted by atomic mass is 35.5. The second-order valence-corrected chi connectivity index (χ2v) is 12.9. The third-order valence-corrected chi connectivity index (χ3v) is 8.63. The highest BCUT2D eigenvalue weighted by Crippen LogP contribution is 2.46. The van der Waals surface area contributed by atoms with Crippen molar-refractivity contribution >= 4 is 39.0 Å². The molecule has 0 aliphatic carbocycles. The average molecular weight is 622 g/mol. The number of fused-ring (bicyclic) bond motifs is 1. The van der Waals surface area contributed by atoms with Crippen molar-refractivity contribution < 1.29 is 32.2 Å². The predicted molar refractivity (Wildman–Crippen MR) is 161 cm³/mol. The predicted octanol–water partition coefficient (Wildman–Crippen LogP) is 7.17. The summed E-state index contributed by atoms with van der Waals surface area (Å²) in [6.07, 6.45) is 2.45. The van der Waals surface area contributed by atoms with E-state index in [4.69, 9.17) is 42.1 Å². The molecule has 7 nitrogen and oxygen atoms in total. The molecule has 0 spiro atoms. The van der Waals surface area contributed by atoms with Gasteiger partial charge in [0.25, 0.3) is 0 Å². The minimum Gasteiger partial charge on any atom is -0.490 e. The highest BCUT2D eigenvalue weighted by molar-refractivity contribution is 7.90. The average Bonchev–Trinajstić information content (AvgIpc) is 3.32. The summed E-state index contributed by atoms with van der Waals surface area (Å²) in [6, 6.07) is 13.6. The fourth-order valence-electron chi connectivity index (χ4n) is 4.94. The molecule has 0 bridgehead atoms. The molecule has 1 atom stereocenters. The van der Waals surface area contributed by atoms with Gasteiger partial charge >= 0.3 is 5.97 Å². The summed E-state index contributed by atoms with van der Waals surface area (Å²) in [5.74, 6) is 1.37. The number of carbonyl (C=O) groups excluding carboxylic acids is 1. The number of carbonyl (C=O) groups is 1. The summed E-state index contributed by atoms with van der Waals surface area (Å²) in [4.78, 5) is 11.3. The molecule has 4 rings (SSSR count). The fourth-order valence-corrected chi connectivity index (χ4v) is 6.38. The summed E-state index contributed by atoms with van der Waals surface area (Å²) in [6.45, 7) is 6.25. The Labute approximate surface area is 251 Å². The molecule has 3 aromatic rings. The third kappa shape index (κ3) is 7.48. The zero-order valence-corrected chi connectivity index (χ0v) is 25.9. The third-order valence-electron chi connectivity index (χ3n) is 6.80. The second kappa shape index (κ2) is 13.4. The first kappa shape index (κ1) is 31.0. The van der Waals surface area contributed by atoms with Gasteiger partial charge in [-0.05, 0) is 65.3 Å². The van der Waals surface area contributed by atoms with Crippen LogP contribution < -0.4 is 14.2 Å². The Hall–Kier alpha value is -2.94. The quantitative estimate of drug-likeness (QED) is 0.157. The standard InChI is InChI=1S/C31H34Cl2O7S/c1-5-23-28(24(6-2)30(33)31(29(23)32)37-13-8-14-41(4,35)36)21-10-7-9-20(15-21)17-38-22-11-12-25-26(16-22)39-18-27(25)40-19(3)34/h7,9-12,15-16,27H,5-6,8,13-14,17-18H2,1-4H3/t27-/m1/s1. The number of rotatable bonds is 12. The number of esters is 1. The molecule has 0 unspecified atom stereocenters. The molecule has 0 radical (unpaired) electrons. The van der Waals surface area contributed by atoms with Gasteiger partial charge in [-0.2, -0.15) is 0 Å². The molecule has 41 heavy (non-hydrogen) atoms.